The third-order valence-electron chi connectivity index (χ3n) is 2.30. The number of fused-ring (bicyclic) bond motifs is 1. The maximum absolute atomic E-state index is 9.52. The molecule has 2 nitrogen and oxygen atoms in total. The van der Waals surface area contributed by atoms with Gasteiger partial charge in [-0.15, -0.1) is 0 Å². The molecule has 0 amide bonds. The lowest BCUT2D eigenvalue weighted by molar-refractivity contribution is 0.477. The van der Waals surface area contributed by atoms with E-state index in [4.69, 9.17) is 0 Å². The van der Waals surface area contributed by atoms with Crippen LogP contribution in [0.4, 0.5) is 5.69 Å². The number of nitrogens with one attached hydrogen (secondary N) is 1. The molecule has 0 spiro atoms. The number of para-hydroxylation sites is 1. The Bertz CT molecular complexity index is 283. The van der Waals surface area contributed by atoms with Gasteiger partial charge in [0.05, 0.1) is 5.69 Å². The van der Waals surface area contributed by atoms with Gasteiger partial charge in [0.15, 0.2) is 0 Å². The maximum Gasteiger partial charge on any atom is 0.138 e. The molecule has 0 bridgehead atoms. The first-order chi connectivity index (χ1) is 5.88. The van der Waals surface area contributed by atoms with Gasteiger partial charge in [0.2, 0.25) is 0 Å². The van der Waals surface area contributed by atoms with E-state index < -0.39 is 0 Å². The van der Waals surface area contributed by atoms with Crippen LogP contribution in [0, 0.1) is 0 Å². The first kappa shape index (κ1) is 7.47. The monoisotopic (exact) mass is 163 g/mol. The summed E-state index contributed by atoms with van der Waals surface area (Å²) in [4.78, 5) is 0. The van der Waals surface area contributed by atoms with Crippen molar-refractivity contribution in [3.05, 3.63) is 23.8 Å². The van der Waals surface area contributed by atoms with Crippen molar-refractivity contribution >= 4 is 5.69 Å². The zero-order valence-electron chi connectivity index (χ0n) is 7.01. The van der Waals surface area contributed by atoms with Gasteiger partial charge in [-0.3, -0.25) is 0 Å². The molecule has 0 aromatic heterocycles. The summed E-state index contributed by atoms with van der Waals surface area (Å²) in [6, 6.07) is 5.71. The molecular formula is C10H13NO. The third-order valence-corrected chi connectivity index (χ3v) is 2.30. The van der Waals surface area contributed by atoms with Gasteiger partial charge in [0.25, 0.3) is 0 Å². The Kier molecular flexibility index (Phi) is 1.90. The Balaban J connectivity index is 2.42. The smallest absolute Gasteiger partial charge is 0.138 e. The molecule has 12 heavy (non-hydrogen) atoms. The average molecular weight is 163 g/mol. The second-order valence-corrected chi connectivity index (χ2v) is 3.20. The Hall–Kier alpha value is -1.18. The van der Waals surface area contributed by atoms with Crippen molar-refractivity contribution in [3.63, 3.8) is 0 Å². The highest BCUT2D eigenvalue weighted by molar-refractivity contribution is 5.61. The predicted molar refractivity (Wildman–Crippen MR) is 49.5 cm³/mol. The van der Waals surface area contributed by atoms with E-state index in [2.05, 4.69) is 11.4 Å². The molecule has 64 valence electrons. The average Bonchev–Trinajstić information content (AvgIpc) is 2.30. The van der Waals surface area contributed by atoms with Gasteiger partial charge >= 0.3 is 0 Å². The maximum atomic E-state index is 9.52. The van der Waals surface area contributed by atoms with Crippen LogP contribution in [0.15, 0.2) is 18.2 Å². The van der Waals surface area contributed by atoms with Crippen molar-refractivity contribution in [1.82, 2.24) is 0 Å². The molecular weight excluding hydrogens is 150 g/mol. The highest BCUT2D eigenvalue weighted by Gasteiger charge is 2.09. The van der Waals surface area contributed by atoms with Crippen molar-refractivity contribution in [2.75, 3.05) is 11.9 Å². The molecule has 1 heterocycles. The van der Waals surface area contributed by atoms with Gasteiger partial charge in [-0.05, 0) is 30.9 Å². The van der Waals surface area contributed by atoms with Crippen LogP contribution < -0.4 is 5.32 Å². The SMILES string of the molecule is Oc1cccc2c1NCCCC2. The van der Waals surface area contributed by atoms with Crippen LogP contribution in [0.5, 0.6) is 5.75 Å². The van der Waals surface area contributed by atoms with Crippen LogP contribution in [0.2, 0.25) is 0 Å². The number of rotatable bonds is 0. The van der Waals surface area contributed by atoms with E-state index >= 15 is 0 Å². The van der Waals surface area contributed by atoms with Gasteiger partial charge in [-0.2, -0.15) is 0 Å². The van der Waals surface area contributed by atoms with Crippen LogP contribution in [0.3, 0.4) is 0 Å². The molecule has 1 aliphatic rings. The lowest BCUT2D eigenvalue weighted by Gasteiger charge is -2.08. The molecule has 1 aromatic carbocycles. The van der Waals surface area contributed by atoms with Crippen molar-refractivity contribution in [2.24, 2.45) is 0 Å². The van der Waals surface area contributed by atoms with Crippen molar-refractivity contribution < 1.29 is 5.11 Å². The number of phenolic OH excluding ortho intramolecular Hbond substituents is 1. The van der Waals surface area contributed by atoms with E-state index in [0.717, 1.165) is 18.7 Å². The van der Waals surface area contributed by atoms with E-state index in [1.807, 2.05) is 6.07 Å². The fraction of sp³-hybridized carbons (Fsp3) is 0.400. The second kappa shape index (κ2) is 3.05. The summed E-state index contributed by atoms with van der Waals surface area (Å²) in [7, 11) is 0. The summed E-state index contributed by atoms with van der Waals surface area (Å²) in [5.74, 6) is 0.384. The number of phenols is 1. The van der Waals surface area contributed by atoms with E-state index in [0.29, 0.717) is 5.75 Å². The van der Waals surface area contributed by atoms with Crippen molar-refractivity contribution in [2.45, 2.75) is 19.3 Å². The zero-order valence-corrected chi connectivity index (χ0v) is 7.01. The fourth-order valence-corrected chi connectivity index (χ4v) is 1.65. The summed E-state index contributed by atoms with van der Waals surface area (Å²) in [5.41, 5.74) is 2.18. The van der Waals surface area contributed by atoms with Crippen molar-refractivity contribution in [3.8, 4) is 5.75 Å². The van der Waals surface area contributed by atoms with Gasteiger partial charge in [-0.25, -0.2) is 0 Å². The molecule has 0 radical (unpaired) electrons. The van der Waals surface area contributed by atoms with Crippen molar-refractivity contribution in [1.29, 1.82) is 0 Å². The molecule has 0 saturated carbocycles. The van der Waals surface area contributed by atoms with E-state index in [1.165, 1.54) is 18.4 Å². The number of benzene rings is 1. The van der Waals surface area contributed by atoms with Crippen LogP contribution >= 0.6 is 0 Å². The number of hydrogen-bond donors (Lipinski definition) is 2. The van der Waals surface area contributed by atoms with Gasteiger partial charge in [-0.1, -0.05) is 12.1 Å². The molecule has 0 fully saturated rings. The van der Waals surface area contributed by atoms with Crippen LogP contribution in [-0.4, -0.2) is 11.7 Å². The fourth-order valence-electron chi connectivity index (χ4n) is 1.65. The lowest BCUT2D eigenvalue weighted by atomic mass is 10.1. The van der Waals surface area contributed by atoms with Crippen LogP contribution in [-0.2, 0) is 6.42 Å². The van der Waals surface area contributed by atoms with Crippen LogP contribution in [0.25, 0.3) is 0 Å². The number of hydrogen-bond acceptors (Lipinski definition) is 2. The number of aromatic hydroxyl groups is 1. The predicted octanol–water partition coefficient (Wildman–Crippen LogP) is 2.14. The topological polar surface area (TPSA) is 32.3 Å². The second-order valence-electron chi connectivity index (χ2n) is 3.20. The highest BCUT2D eigenvalue weighted by Crippen LogP contribution is 2.29. The first-order valence-corrected chi connectivity index (χ1v) is 4.42. The normalized spacial score (nSPS) is 16.0. The molecule has 1 aromatic rings. The molecule has 0 saturated heterocycles. The molecule has 2 heteroatoms. The highest BCUT2D eigenvalue weighted by atomic mass is 16.3. The van der Waals surface area contributed by atoms with E-state index in [1.54, 1.807) is 6.07 Å². The Morgan fingerprint density at radius 3 is 3.08 bits per heavy atom. The first-order valence-electron chi connectivity index (χ1n) is 4.42. The van der Waals surface area contributed by atoms with Gasteiger partial charge in [0, 0.05) is 6.54 Å². The van der Waals surface area contributed by atoms with Gasteiger partial charge < -0.3 is 10.4 Å². The van der Waals surface area contributed by atoms with Gasteiger partial charge in [0.1, 0.15) is 5.75 Å². The Labute approximate surface area is 72.2 Å². The molecule has 0 aliphatic carbocycles. The summed E-state index contributed by atoms with van der Waals surface area (Å²) < 4.78 is 0. The lowest BCUT2D eigenvalue weighted by Crippen LogP contribution is -1.99. The zero-order chi connectivity index (χ0) is 8.39. The third kappa shape index (κ3) is 1.24. The van der Waals surface area contributed by atoms with E-state index in [-0.39, 0.29) is 0 Å². The Morgan fingerprint density at radius 2 is 2.17 bits per heavy atom. The van der Waals surface area contributed by atoms with E-state index in [9.17, 15) is 5.11 Å². The minimum atomic E-state index is 0.384. The Morgan fingerprint density at radius 1 is 1.25 bits per heavy atom. The molecule has 2 rings (SSSR count). The standard InChI is InChI=1S/C10H13NO/c12-9-6-3-5-8-4-1-2-7-11-10(8)9/h3,5-6,11-12H,1-2,4,7H2. The summed E-state index contributed by atoms with van der Waals surface area (Å²) >= 11 is 0. The number of aryl methyl sites for hydroxylation is 1. The molecule has 0 atom stereocenters. The minimum Gasteiger partial charge on any atom is -0.506 e. The summed E-state index contributed by atoms with van der Waals surface area (Å²) in [5, 5.41) is 12.8. The largest absolute Gasteiger partial charge is 0.506 e. The molecule has 0 unspecified atom stereocenters. The molecule has 2 N–H and O–H groups in total. The minimum absolute atomic E-state index is 0.384. The summed E-state index contributed by atoms with van der Waals surface area (Å²) in [6.45, 7) is 0.977. The quantitative estimate of drug-likeness (QED) is 0.574. The summed E-state index contributed by atoms with van der Waals surface area (Å²) in [6.07, 6.45) is 3.48. The van der Waals surface area contributed by atoms with Crippen LogP contribution in [0.1, 0.15) is 18.4 Å². The molecule has 1 aliphatic heterocycles. The number of anilines is 1.